The van der Waals surface area contributed by atoms with E-state index >= 15 is 0 Å². The number of aromatic nitrogens is 1. The Balaban J connectivity index is 1.99. The fraction of sp³-hybridized carbons (Fsp3) is 0.182. The van der Waals surface area contributed by atoms with E-state index in [1.165, 1.54) is 0 Å². The van der Waals surface area contributed by atoms with Crippen molar-refractivity contribution < 1.29 is 9.15 Å². The van der Waals surface area contributed by atoms with E-state index in [2.05, 4.69) is 4.98 Å². The molecule has 0 radical (unpaired) electrons. The fourth-order valence-corrected chi connectivity index (χ4v) is 1.35. The Labute approximate surface area is 92.6 Å². The Bertz CT molecular complexity index is 453. The molecule has 1 aromatic heterocycles. The SMILES string of the molecule is Cc1coc(COc2cccc(Cl)c2)n1. The summed E-state index contributed by atoms with van der Waals surface area (Å²) in [6, 6.07) is 7.21. The summed E-state index contributed by atoms with van der Waals surface area (Å²) in [5.41, 5.74) is 0.847. The lowest BCUT2D eigenvalue weighted by molar-refractivity contribution is 0.263. The van der Waals surface area contributed by atoms with Crippen LogP contribution < -0.4 is 4.74 Å². The minimum absolute atomic E-state index is 0.314. The van der Waals surface area contributed by atoms with E-state index in [-0.39, 0.29) is 0 Å². The molecule has 0 bridgehead atoms. The Kier molecular flexibility index (Phi) is 2.92. The highest BCUT2D eigenvalue weighted by atomic mass is 35.5. The second-order valence-electron chi connectivity index (χ2n) is 3.13. The molecular weight excluding hydrogens is 214 g/mol. The first kappa shape index (κ1) is 10.1. The minimum Gasteiger partial charge on any atom is -0.484 e. The molecule has 0 amide bonds. The zero-order chi connectivity index (χ0) is 10.7. The summed E-state index contributed by atoms with van der Waals surface area (Å²) >= 11 is 5.81. The third-order valence-electron chi connectivity index (χ3n) is 1.82. The lowest BCUT2D eigenvalue weighted by Crippen LogP contribution is -1.95. The van der Waals surface area contributed by atoms with Crippen LogP contribution in [0.25, 0.3) is 0 Å². The lowest BCUT2D eigenvalue weighted by Gasteiger charge is -2.02. The third-order valence-corrected chi connectivity index (χ3v) is 2.06. The van der Waals surface area contributed by atoms with Gasteiger partial charge < -0.3 is 9.15 Å². The summed E-state index contributed by atoms with van der Waals surface area (Å²) in [4.78, 5) is 4.12. The molecule has 3 nitrogen and oxygen atoms in total. The van der Waals surface area contributed by atoms with E-state index in [0.717, 1.165) is 5.69 Å². The fourth-order valence-electron chi connectivity index (χ4n) is 1.17. The molecule has 1 aromatic carbocycles. The van der Waals surface area contributed by atoms with Crippen molar-refractivity contribution in [1.82, 2.24) is 4.98 Å². The van der Waals surface area contributed by atoms with Crippen LogP contribution in [0.2, 0.25) is 5.02 Å². The maximum Gasteiger partial charge on any atom is 0.232 e. The van der Waals surface area contributed by atoms with E-state index < -0.39 is 0 Å². The van der Waals surface area contributed by atoms with Gasteiger partial charge in [-0.15, -0.1) is 0 Å². The van der Waals surface area contributed by atoms with Crippen LogP contribution in [0.1, 0.15) is 11.6 Å². The first-order chi connectivity index (χ1) is 7.24. The van der Waals surface area contributed by atoms with Crippen molar-refractivity contribution >= 4 is 11.6 Å². The van der Waals surface area contributed by atoms with Crippen LogP contribution in [0.5, 0.6) is 5.75 Å². The predicted molar refractivity (Wildman–Crippen MR) is 57.0 cm³/mol. The standard InChI is InChI=1S/C11H10ClNO2/c1-8-6-15-11(13-8)7-14-10-4-2-3-9(12)5-10/h2-6H,7H2,1H3. The van der Waals surface area contributed by atoms with Gasteiger partial charge in [0, 0.05) is 5.02 Å². The van der Waals surface area contributed by atoms with Gasteiger partial charge in [0.05, 0.1) is 5.69 Å². The quantitative estimate of drug-likeness (QED) is 0.802. The average molecular weight is 224 g/mol. The Hall–Kier alpha value is -1.48. The Morgan fingerprint density at radius 2 is 2.33 bits per heavy atom. The second-order valence-corrected chi connectivity index (χ2v) is 3.57. The second kappa shape index (κ2) is 4.36. The van der Waals surface area contributed by atoms with Crippen LogP contribution in [-0.4, -0.2) is 4.98 Å². The molecule has 0 saturated carbocycles. The number of oxazole rings is 1. The summed E-state index contributed by atoms with van der Waals surface area (Å²) in [5.74, 6) is 1.27. The minimum atomic E-state index is 0.314. The summed E-state index contributed by atoms with van der Waals surface area (Å²) in [5, 5.41) is 0.649. The summed E-state index contributed by atoms with van der Waals surface area (Å²) in [6.45, 7) is 2.18. The number of aryl methyl sites for hydroxylation is 1. The van der Waals surface area contributed by atoms with Crippen LogP contribution in [0.15, 0.2) is 34.9 Å². The largest absolute Gasteiger partial charge is 0.484 e. The summed E-state index contributed by atoms with van der Waals surface area (Å²) < 4.78 is 10.6. The topological polar surface area (TPSA) is 35.3 Å². The zero-order valence-electron chi connectivity index (χ0n) is 8.24. The van der Waals surface area contributed by atoms with Crippen molar-refractivity contribution in [1.29, 1.82) is 0 Å². The van der Waals surface area contributed by atoms with Crippen LogP contribution >= 0.6 is 11.6 Å². The highest BCUT2D eigenvalue weighted by molar-refractivity contribution is 6.30. The highest BCUT2D eigenvalue weighted by Crippen LogP contribution is 2.18. The van der Waals surface area contributed by atoms with Gasteiger partial charge in [-0.05, 0) is 25.1 Å². The Morgan fingerprint density at radius 1 is 1.47 bits per heavy atom. The van der Waals surface area contributed by atoms with Gasteiger partial charge in [-0.3, -0.25) is 0 Å². The molecule has 78 valence electrons. The normalized spacial score (nSPS) is 10.3. The van der Waals surface area contributed by atoms with Crippen molar-refractivity contribution in [2.45, 2.75) is 13.5 Å². The van der Waals surface area contributed by atoms with E-state index in [1.54, 1.807) is 18.4 Å². The average Bonchev–Trinajstić information content (AvgIpc) is 2.62. The van der Waals surface area contributed by atoms with Gasteiger partial charge in [0.2, 0.25) is 5.89 Å². The van der Waals surface area contributed by atoms with Gasteiger partial charge in [0.1, 0.15) is 12.0 Å². The molecule has 1 heterocycles. The van der Waals surface area contributed by atoms with Gasteiger partial charge in [-0.2, -0.15) is 0 Å². The number of nitrogens with zero attached hydrogens (tertiary/aromatic N) is 1. The van der Waals surface area contributed by atoms with Crippen molar-refractivity contribution in [3.05, 3.63) is 47.1 Å². The number of rotatable bonds is 3. The smallest absolute Gasteiger partial charge is 0.232 e. The van der Waals surface area contributed by atoms with Gasteiger partial charge in [-0.1, -0.05) is 17.7 Å². The molecule has 4 heteroatoms. The molecule has 0 fully saturated rings. The maximum atomic E-state index is 5.81. The molecule has 0 N–H and O–H groups in total. The van der Waals surface area contributed by atoms with Crippen molar-refractivity contribution in [3.63, 3.8) is 0 Å². The molecule has 0 aliphatic carbocycles. The molecule has 2 rings (SSSR count). The van der Waals surface area contributed by atoms with Gasteiger partial charge in [0.25, 0.3) is 0 Å². The first-order valence-electron chi connectivity index (χ1n) is 4.53. The number of ether oxygens (including phenoxy) is 1. The number of benzene rings is 1. The van der Waals surface area contributed by atoms with E-state index in [9.17, 15) is 0 Å². The third kappa shape index (κ3) is 2.73. The van der Waals surface area contributed by atoms with E-state index in [0.29, 0.717) is 23.3 Å². The zero-order valence-corrected chi connectivity index (χ0v) is 8.99. The van der Waals surface area contributed by atoms with Crippen molar-refractivity contribution in [3.8, 4) is 5.75 Å². The van der Waals surface area contributed by atoms with Gasteiger partial charge in [0.15, 0.2) is 6.61 Å². The van der Waals surface area contributed by atoms with Gasteiger partial charge in [-0.25, -0.2) is 4.98 Å². The van der Waals surface area contributed by atoms with Crippen molar-refractivity contribution in [2.75, 3.05) is 0 Å². The number of halogens is 1. The number of hydrogen-bond acceptors (Lipinski definition) is 3. The highest BCUT2D eigenvalue weighted by Gasteiger charge is 2.01. The summed E-state index contributed by atoms with van der Waals surface area (Å²) in [7, 11) is 0. The van der Waals surface area contributed by atoms with Crippen LogP contribution in [0.4, 0.5) is 0 Å². The van der Waals surface area contributed by atoms with Gasteiger partial charge >= 0.3 is 0 Å². The molecule has 0 atom stereocenters. The predicted octanol–water partition coefficient (Wildman–Crippen LogP) is 3.22. The number of hydrogen-bond donors (Lipinski definition) is 0. The van der Waals surface area contributed by atoms with Crippen LogP contribution in [-0.2, 0) is 6.61 Å². The monoisotopic (exact) mass is 223 g/mol. The summed E-state index contributed by atoms with van der Waals surface area (Å²) in [6.07, 6.45) is 1.59. The van der Waals surface area contributed by atoms with Crippen LogP contribution in [0, 0.1) is 6.92 Å². The molecule has 0 aliphatic rings. The maximum absolute atomic E-state index is 5.81. The lowest BCUT2D eigenvalue weighted by atomic mass is 10.3. The molecule has 0 unspecified atom stereocenters. The molecule has 2 aromatic rings. The molecular formula is C11H10ClNO2. The van der Waals surface area contributed by atoms with Crippen LogP contribution in [0.3, 0.4) is 0 Å². The molecule has 0 spiro atoms. The first-order valence-corrected chi connectivity index (χ1v) is 4.91. The van der Waals surface area contributed by atoms with E-state index in [1.807, 2.05) is 19.1 Å². The van der Waals surface area contributed by atoms with Crippen molar-refractivity contribution in [2.24, 2.45) is 0 Å². The Morgan fingerprint density at radius 3 is 3.00 bits per heavy atom. The molecule has 0 saturated heterocycles. The molecule has 0 aliphatic heterocycles. The van der Waals surface area contributed by atoms with E-state index in [4.69, 9.17) is 20.8 Å². The molecule has 15 heavy (non-hydrogen) atoms.